The Bertz CT molecular complexity index is 488. The fourth-order valence-corrected chi connectivity index (χ4v) is 1.75. The summed E-state index contributed by atoms with van der Waals surface area (Å²) in [6.07, 6.45) is 2.03. The third-order valence-electron chi connectivity index (χ3n) is 2.83. The summed E-state index contributed by atoms with van der Waals surface area (Å²) in [6.45, 7) is 2.87. The SMILES string of the molecule is CCCCN(C)c1ccc([N+](=O)[O-])cc1C(N)=NO. The number of benzene rings is 1. The summed E-state index contributed by atoms with van der Waals surface area (Å²) in [5.74, 6) is -0.137. The van der Waals surface area contributed by atoms with Crippen molar-refractivity contribution in [1.82, 2.24) is 0 Å². The Morgan fingerprint density at radius 3 is 2.79 bits per heavy atom. The molecule has 0 saturated heterocycles. The van der Waals surface area contributed by atoms with Crippen molar-refractivity contribution in [2.24, 2.45) is 10.9 Å². The summed E-state index contributed by atoms with van der Waals surface area (Å²) in [5.41, 5.74) is 6.55. The molecule has 0 amide bonds. The molecule has 0 spiro atoms. The Labute approximate surface area is 111 Å². The van der Waals surface area contributed by atoms with Gasteiger partial charge in [0.2, 0.25) is 0 Å². The molecule has 0 aliphatic carbocycles. The average Bonchev–Trinajstić information content (AvgIpc) is 2.43. The quantitative estimate of drug-likeness (QED) is 0.269. The average molecular weight is 266 g/mol. The second kappa shape index (κ2) is 6.58. The predicted octanol–water partition coefficient (Wildman–Crippen LogP) is 1.93. The molecule has 0 unspecified atom stereocenters. The van der Waals surface area contributed by atoms with Crippen molar-refractivity contribution in [1.29, 1.82) is 0 Å². The van der Waals surface area contributed by atoms with E-state index in [0.717, 1.165) is 19.4 Å². The minimum Gasteiger partial charge on any atom is -0.409 e. The Balaban J connectivity index is 3.19. The maximum absolute atomic E-state index is 10.8. The van der Waals surface area contributed by atoms with Crippen LogP contribution in [0, 0.1) is 10.1 Å². The number of nitro benzene ring substituents is 1. The van der Waals surface area contributed by atoms with E-state index in [1.54, 1.807) is 6.07 Å². The topological polar surface area (TPSA) is 105 Å². The lowest BCUT2D eigenvalue weighted by Gasteiger charge is -2.21. The summed E-state index contributed by atoms with van der Waals surface area (Å²) in [6, 6.07) is 4.33. The number of nitrogens with zero attached hydrogens (tertiary/aromatic N) is 3. The molecule has 0 fully saturated rings. The van der Waals surface area contributed by atoms with Gasteiger partial charge >= 0.3 is 0 Å². The van der Waals surface area contributed by atoms with Gasteiger partial charge in [-0.15, -0.1) is 0 Å². The summed E-state index contributed by atoms with van der Waals surface area (Å²) < 4.78 is 0. The van der Waals surface area contributed by atoms with Crippen LogP contribution in [0.25, 0.3) is 0 Å². The molecule has 7 nitrogen and oxygen atoms in total. The normalized spacial score (nSPS) is 11.4. The first-order valence-electron chi connectivity index (χ1n) is 5.98. The number of non-ortho nitro benzene ring substituents is 1. The van der Waals surface area contributed by atoms with E-state index in [1.807, 2.05) is 11.9 Å². The van der Waals surface area contributed by atoms with Gasteiger partial charge in [0.1, 0.15) is 0 Å². The fourth-order valence-electron chi connectivity index (χ4n) is 1.75. The number of oxime groups is 1. The Morgan fingerprint density at radius 1 is 1.58 bits per heavy atom. The zero-order valence-corrected chi connectivity index (χ0v) is 11.0. The van der Waals surface area contributed by atoms with E-state index >= 15 is 0 Å². The van der Waals surface area contributed by atoms with Crippen molar-refractivity contribution in [3.8, 4) is 0 Å². The van der Waals surface area contributed by atoms with Gasteiger partial charge in [0.05, 0.1) is 10.5 Å². The van der Waals surface area contributed by atoms with Crippen LogP contribution < -0.4 is 10.6 Å². The van der Waals surface area contributed by atoms with E-state index in [1.165, 1.54) is 12.1 Å². The molecule has 3 N–H and O–H groups in total. The number of rotatable bonds is 6. The van der Waals surface area contributed by atoms with Crippen LogP contribution in [0.4, 0.5) is 11.4 Å². The van der Waals surface area contributed by atoms with Crippen molar-refractivity contribution in [2.45, 2.75) is 19.8 Å². The van der Waals surface area contributed by atoms with Crippen molar-refractivity contribution in [3.05, 3.63) is 33.9 Å². The predicted molar refractivity (Wildman–Crippen MR) is 73.8 cm³/mol. The highest BCUT2D eigenvalue weighted by Gasteiger charge is 2.16. The molecular weight excluding hydrogens is 248 g/mol. The lowest BCUT2D eigenvalue weighted by molar-refractivity contribution is -0.384. The fraction of sp³-hybridized carbons (Fsp3) is 0.417. The lowest BCUT2D eigenvalue weighted by atomic mass is 10.1. The number of nitrogens with two attached hydrogens (primary N) is 1. The van der Waals surface area contributed by atoms with Crippen LogP contribution in [0.3, 0.4) is 0 Å². The lowest BCUT2D eigenvalue weighted by Crippen LogP contribution is -2.24. The molecular formula is C12H18N4O3. The molecule has 0 saturated carbocycles. The third kappa shape index (κ3) is 3.57. The highest BCUT2D eigenvalue weighted by molar-refractivity contribution is 6.02. The van der Waals surface area contributed by atoms with Gasteiger partial charge in [-0.3, -0.25) is 10.1 Å². The summed E-state index contributed by atoms with van der Waals surface area (Å²) in [7, 11) is 1.87. The van der Waals surface area contributed by atoms with Crippen LogP contribution in [0.2, 0.25) is 0 Å². The molecule has 0 aromatic heterocycles. The van der Waals surface area contributed by atoms with E-state index in [2.05, 4.69) is 12.1 Å². The van der Waals surface area contributed by atoms with Crippen LogP contribution in [-0.2, 0) is 0 Å². The molecule has 0 atom stereocenters. The molecule has 7 heteroatoms. The van der Waals surface area contributed by atoms with Crippen molar-refractivity contribution < 1.29 is 10.1 Å². The van der Waals surface area contributed by atoms with Crippen molar-refractivity contribution >= 4 is 17.2 Å². The van der Waals surface area contributed by atoms with Crippen LogP contribution in [0.1, 0.15) is 25.3 Å². The molecule has 1 rings (SSSR count). The Morgan fingerprint density at radius 2 is 2.26 bits per heavy atom. The zero-order valence-electron chi connectivity index (χ0n) is 11.0. The smallest absolute Gasteiger partial charge is 0.270 e. The van der Waals surface area contributed by atoms with Crippen LogP contribution in [0.5, 0.6) is 0 Å². The second-order valence-corrected chi connectivity index (χ2v) is 4.22. The standard InChI is InChI=1S/C12H18N4O3/c1-3-4-7-15(2)11-6-5-9(16(18)19)8-10(11)12(13)14-17/h5-6,8,17H,3-4,7H2,1-2H3,(H2,13,14). The highest BCUT2D eigenvalue weighted by Crippen LogP contribution is 2.25. The summed E-state index contributed by atoms with van der Waals surface area (Å²) in [4.78, 5) is 12.2. The van der Waals surface area contributed by atoms with Gasteiger partial charge < -0.3 is 15.8 Å². The van der Waals surface area contributed by atoms with Crippen molar-refractivity contribution in [3.63, 3.8) is 0 Å². The van der Waals surface area contributed by atoms with Gasteiger partial charge in [-0.2, -0.15) is 0 Å². The number of nitro groups is 1. The molecule has 1 aromatic rings. The number of hydrogen-bond donors (Lipinski definition) is 2. The van der Waals surface area contributed by atoms with Gasteiger partial charge in [-0.1, -0.05) is 18.5 Å². The maximum atomic E-state index is 10.8. The van der Waals surface area contributed by atoms with Gasteiger partial charge in [-0.25, -0.2) is 0 Å². The highest BCUT2D eigenvalue weighted by atomic mass is 16.6. The van der Waals surface area contributed by atoms with E-state index in [0.29, 0.717) is 11.3 Å². The molecule has 0 bridgehead atoms. The zero-order chi connectivity index (χ0) is 14.4. The van der Waals surface area contributed by atoms with Crippen LogP contribution in [0.15, 0.2) is 23.4 Å². The number of anilines is 1. The van der Waals surface area contributed by atoms with Gasteiger partial charge in [-0.05, 0) is 12.5 Å². The third-order valence-corrected chi connectivity index (χ3v) is 2.83. The number of hydrogen-bond acceptors (Lipinski definition) is 5. The van der Waals surface area contributed by atoms with Gasteiger partial charge in [0.15, 0.2) is 5.84 Å². The monoisotopic (exact) mass is 266 g/mol. The summed E-state index contributed by atoms with van der Waals surface area (Å²) >= 11 is 0. The Hall–Kier alpha value is -2.31. The van der Waals surface area contributed by atoms with E-state index in [-0.39, 0.29) is 11.5 Å². The largest absolute Gasteiger partial charge is 0.409 e. The number of unbranched alkanes of at least 4 members (excludes halogenated alkanes) is 1. The van der Waals surface area contributed by atoms with E-state index in [4.69, 9.17) is 10.9 Å². The first-order chi connectivity index (χ1) is 9.01. The number of amidine groups is 1. The molecule has 0 aliphatic heterocycles. The molecule has 0 aliphatic rings. The van der Waals surface area contributed by atoms with E-state index in [9.17, 15) is 10.1 Å². The van der Waals surface area contributed by atoms with Crippen LogP contribution in [-0.4, -0.2) is 29.6 Å². The van der Waals surface area contributed by atoms with Crippen LogP contribution >= 0.6 is 0 Å². The molecule has 104 valence electrons. The van der Waals surface area contributed by atoms with Crippen molar-refractivity contribution in [2.75, 3.05) is 18.5 Å². The molecule has 19 heavy (non-hydrogen) atoms. The molecule has 1 aromatic carbocycles. The molecule has 0 radical (unpaired) electrons. The first kappa shape index (κ1) is 14.7. The first-order valence-corrected chi connectivity index (χ1v) is 5.98. The minimum absolute atomic E-state index is 0.0887. The second-order valence-electron chi connectivity index (χ2n) is 4.22. The van der Waals surface area contributed by atoms with Gasteiger partial charge in [0, 0.05) is 31.4 Å². The maximum Gasteiger partial charge on any atom is 0.270 e. The van der Waals surface area contributed by atoms with Gasteiger partial charge in [0.25, 0.3) is 5.69 Å². The molecule has 0 heterocycles. The minimum atomic E-state index is -0.510. The Kier molecular flexibility index (Phi) is 5.11. The summed E-state index contributed by atoms with van der Waals surface area (Å²) in [5, 5.41) is 22.5. The van der Waals surface area contributed by atoms with E-state index < -0.39 is 4.92 Å².